The van der Waals surface area contributed by atoms with Gasteiger partial charge in [0, 0.05) is 46.9 Å². The van der Waals surface area contributed by atoms with Crippen molar-refractivity contribution in [1.82, 2.24) is 19.5 Å². The molecule has 0 bridgehead atoms. The lowest BCUT2D eigenvalue weighted by molar-refractivity contribution is 0.314. The smallest absolute Gasteiger partial charge is 0.272 e. The second kappa shape index (κ2) is 9.41. The standard InChI is InChI=1S/C25H23Cl2N5OS/c1-15-2-7-19(12-20(15)27)28-25(34)31-10-8-17(9-11-31)21-14-24(33)32-23(29-21)13-22(30-32)16-3-5-18(26)6-4-16/h2-7,12-14,17,30H,8-11H2,1H3,(H,28,34). The predicted molar refractivity (Wildman–Crippen MR) is 142 cm³/mol. The van der Waals surface area contributed by atoms with E-state index in [1.807, 2.05) is 55.5 Å². The molecule has 174 valence electrons. The summed E-state index contributed by atoms with van der Waals surface area (Å²) in [4.78, 5) is 19.7. The van der Waals surface area contributed by atoms with Crippen molar-refractivity contribution in [2.45, 2.75) is 25.7 Å². The number of halogens is 2. The molecule has 6 nitrogen and oxygen atoms in total. The van der Waals surface area contributed by atoms with Crippen LogP contribution in [0.3, 0.4) is 0 Å². The molecule has 1 saturated heterocycles. The van der Waals surface area contributed by atoms with Gasteiger partial charge < -0.3 is 10.2 Å². The summed E-state index contributed by atoms with van der Waals surface area (Å²) in [7, 11) is 0. The van der Waals surface area contributed by atoms with Gasteiger partial charge in [-0.3, -0.25) is 9.89 Å². The van der Waals surface area contributed by atoms with E-state index in [-0.39, 0.29) is 11.5 Å². The van der Waals surface area contributed by atoms with Gasteiger partial charge in [-0.1, -0.05) is 41.4 Å². The number of aromatic amines is 1. The molecule has 0 aliphatic carbocycles. The molecule has 0 atom stereocenters. The summed E-state index contributed by atoms with van der Waals surface area (Å²) in [5, 5.41) is 8.48. The Morgan fingerprint density at radius 3 is 2.53 bits per heavy atom. The summed E-state index contributed by atoms with van der Waals surface area (Å²) in [5.74, 6) is 0.208. The Balaban J connectivity index is 1.28. The van der Waals surface area contributed by atoms with Crippen LogP contribution < -0.4 is 10.9 Å². The van der Waals surface area contributed by atoms with Crippen LogP contribution in [0.5, 0.6) is 0 Å². The molecule has 2 aromatic carbocycles. The van der Waals surface area contributed by atoms with Crippen LogP contribution in [0.25, 0.3) is 16.9 Å². The number of benzene rings is 2. The fourth-order valence-corrected chi connectivity index (χ4v) is 4.85. The molecule has 2 aromatic heterocycles. The Hall–Kier alpha value is -2.87. The maximum absolute atomic E-state index is 12.8. The number of aromatic nitrogens is 3. The minimum Gasteiger partial charge on any atom is -0.349 e. The summed E-state index contributed by atoms with van der Waals surface area (Å²) in [6.45, 7) is 3.55. The van der Waals surface area contributed by atoms with Gasteiger partial charge in [0.15, 0.2) is 10.8 Å². The van der Waals surface area contributed by atoms with E-state index in [2.05, 4.69) is 15.3 Å². The van der Waals surface area contributed by atoms with Crippen LogP contribution in [0, 0.1) is 6.92 Å². The Morgan fingerprint density at radius 2 is 1.82 bits per heavy atom. The van der Waals surface area contributed by atoms with E-state index in [1.165, 1.54) is 4.52 Å². The molecule has 4 aromatic rings. The van der Waals surface area contributed by atoms with E-state index in [0.717, 1.165) is 54.1 Å². The molecular formula is C25H23Cl2N5OS. The zero-order valence-electron chi connectivity index (χ0n) is 18.5. The normalized spacial score (nSPS) is 14.5. The van der Waals surface area contributed by atoms with E-state index in [0.29, 0.717) is 20.8 Å². The number of nitrogens with zero attached hydrogens (tertiary/aromatic N) is 3. The van der Waals surface area contributed by atoms with Crippen LogP contribution in [0.15, 0.2) is 59.4 Å². The van der Waals surface area contributed by atoms with Gasteiger partial charge in [0.1, 0.15) is 0 Å². The fourth-order valence-electron chi connectivity index (χ4n) is 4.25. The number of fused-ring (bicyclic) bond motifs is 1. The molecule has 34 heavy (non-hydrogen) atoms. The van der Waals surface area contributed by atoms with Gasteiger partial charge in [-0.05, 0) is 67.4 Å². The minimum atomic E-state index is -0.115. The predicted octanol–water partition coefficient (Wildman–Crippen LogP) is 5.88. The maximum Gasteiger partial charge on any atom is 0.272 e. The molecule has 0 unspecified atom stereocenters. The van der Waals surface area contributed by atoms with Crippen molar-refractivity contribution in [3.05, 3.63) is 86.3 Å². The zero-order valence-corrected chi connectivity index (χ0v) is 20.8. The fraction of sp³-hybridized carbons (Fsp3) is 0.240. The Kier molecular flexibility index (Phi) is 6.34. The summed E-state index contributed by atoms with van der Waals surface area (Å²) >= 11 is 17.8. The van der Waals surface area contributed by atoms with Crippen LogP contribution in [-0.2, 0) is 0 Å². The summed E-state index contributed by atoms with van der Waals surface area (Å²) < 4.78 is 1.48. The Bertz CT molecular complexity index is 1420. The second-order valence-electron chi connectivity index (χ2n) is 8.54. The third kappa shape index (κ3) is 4.69. The Labute approximate surface area is 212 Å². The van der Waals surface area contributed by atoms with Crippen molar-refractivity contribution in [2.24, 2.45) is 0 Å². The molecule has 0 saturated carbocycles. The highest BCUT2D eigenvalue weighted by molar-refractivity contribution is 7.80. The van der Waals surface area contributed by atoms with Crippen LogP contribution in [0.1, 0.15) is 30.0 Å². The van der Waals surface area contributed by atoms with Crippen LogP contribution in [0.4, 0.5) is 5.69 Å². The molecule has 2 N–H and O–H groups in total. The SMILES string of the molecule is Cc1ccc(NC(=S)N2CCC(c3cc(=O)n4[nH]c(-c5ccc(Cl)cc5)cc4n3)CC2)cc1Cl. The van der Waals surface area contributed by atoms with Gasteiger partial charge in [0.2, 0.25) is 0 Å². The molecular weight excluding hydrogens is 489 g/mol. The lowest BCUT2D eigenvalue weighted by Gasteiger charge is -2.33. The lowest BCUT2D eigenvalue weighted by Crippen LogP contribution is -2.40. The van der Waals surface area contributed by atoms with Gasteiger partial charge in [-0.25, -0.2) is 9.50 Å². The summed E-state index contributed by atoms with van der Waals surface area (Å²) in [5.41, 5.74) is 5.00. The minimum absolute atomic E-state index is 0.115. The molecule has 1 aliphatic heterocycles. The monoisotopic (exact) mass is 511 g/mol. The topological polar surface area (TPSA) is 65.4 Å². The van der Waals surface area contributed by atoms with Gasteiger partial charge >= 0.3 is 0 Å². The van der Waals surface area contributed by atoms with Gasteiger partial charge in [-0.15, -0.1) is 0 Å². The molecule has 9 heteroatoms. The van der Waals surface area contributed by atoms with Gasteiger partial charge in [0.25, 0.3) is 5.56 Å². The lowest BCUT2D eigenvalue weighted by atomic mass is 9.93. The number of piperidine rings is 1. The third-order valence-corrected chi connectivity index (χ3v) is 7.27. The average molecular weight is 512 g/mol. The maximum atomic E-state index is 12.8. The first-order valence-corrected chi connectivity index (χ1v) is 12.2. The van der Waals surface area contributed by atoms with E-state index in [9.17, 15) is 4.79 Å². The third-order valence-electron chi connectivity index (χ3n) is 6.25. The van der Waals surface area contributed by atoms with E-state index >= 15 is 0 Å². The van der Waals surface area contributed by atoms with Crippen molar-refractivity contribution in [3.63, 3.8) is 0 Å². The number of likely N-dealkylation sites (tertiary alicyclic amines) is 1. The first-order chi connectivity index (χ1) is 16.4. The Morgan fingerprint density at radius 1 is 1.09 bits per heavy atom. The molecule has 5 rings (SSSR count). The molecule has 1 aliphatic rings. The quantitative estimate of drug-likeness (QED) is 0.336. The summed E-state index contributed by atoms with van der Waals surface area (Å²) in [6, 6.07) is 16.8. The second-order valence-corrected chi connectivity index (χ2v) is 9.78. The molecule has 0 radical (unpaired) electrons. The van der Waals surface area contributed by atoms with E-state index in [4.69, 9.17) is 40.4 Å². The highest BCUT2D eigenvalue weighted by Crippen LogP contribution is 2.28. The number of anilines is 1. The van der Waals surface area contributed by atoms with E-state index in [1.54, 1.807) is 6.07 Å². The molecule has 3 heterocycles. The van der Waals surface area contributed by atoms with Crippen molar-refractivity contribution in [3.8, 4) is 11.3 Å². The first kappa shape index (κ1) is 22.9. The number of nitrogens with one attached hydrogen (secondary N) is 2. The van der Waals surface area contributed by atoms with Crippen LogP contribution in [-0.4, -0.2) is 37.7 Å². The average Bonchev–Trinajstić information content (AvgIpc) is 3.27. The number of rotatable bonds is 3. The van der Waals surface area contributed by atoms with Crippen molar-refractivity contribution in [1.29, 1.82) is 0 Å². The van der Waals surface area contributed by atoms with E-state index < -0.39 is 0 Å². The number of thiocarbonyl (C=S) groups is 1. The highest BCUT2D eigenvalue weighted by atomic mass is 35.5. The van der Waals surface area contributed by atoms with Crippen molar-refractivity contribution >= 4 is 51.9 Å². The van der Waals surface area contributed by atoms with Crippen molar-refractivity contribution < 1.29 is 0 Å². The van der Waals surface area contributed by atoms with Gasteiger partial charge in [-0.2, -0.15) is 0 Å². The number of H-pyrrole nitrogens is 1. The first-order valence-electron chi connectivity index (χ1n) is 11.1. The number of aryl methyl sites for hydroxylation is 1. The van der Waals surface area contributed by atoms with Crippen LogP contribution >= 0.6 is 35.4 Å². The number of hydrogen-bond acceptors (Lipinski definition) is 3. The largest absolute Gasteiger partial charge is 0.349 e. The highest BCUT2D eigenvalue weighted by Gasteiger charge is 2.24. The molecule has 1 fully saturated rings. The zero-order chi connectivity index (χ0) is 23.8. The van der Waals surface area contributed by atoms with Crippen molar-refractivity contribution in [2.75, 3.05) is 18.4 Å². The summed E-state index contributed by atoms with van der Waals surface area (Å²) in [6.07, 6.45) is 1.74. The van der Waals surface area contributed by atoms with Crippen LogP contribution in [0.2, 0.25) is 10.0 Å². The van der Waals surface area contributed by atoms with Gasteiger partial charge in [0.05, 0.1) is 11.4 Å². The molecule has 0 amide bonds. The number of hydrogen-bond donors (Lipinski definition) is 2. The molecule has 0 spiro atoms.